The number of hydrogen-bond acceptors (Lipinski definition) is 4. The number of hydrogen-bond donors (Lipinski definition) is 1. The predicted octanol–water partition coefficient (Wildman–Crippen LogP) is 4.56. The number of carbonyl (C=O) groups excluding carboxylic acids is 1. The number of para-hydroxylation sites is 1. The molecule has 1 heterocycles. The van der Waals surface area contributed by atoms with Gasteiger partial charge < -0.3 is 4.74 Å². The van der Waals surface area contributed by atoms with Crippen LogP contribution in [0.25, 0.3) is 11.3 Å². The van der Waals surface area contributed by atoms with Crippen molar-refractivity contribution in [2.45, 2.75) is 6.42 Å². The summed E-state index contributed by atoms with van der Waals surface area (Å²) >= 11 is 1.39. The largest absolute Gasteiger partial charge is 0.483 e. The van der Waals surface area contributed by atoms with E-state index in [1.807, 2.05) is 66.1 Å². The lowest BCUT2D eigenvalue weighted by molar-refractivity contribution is -0.118. The molecule has 2 aromatic carbocycles. The number of allylic oxidation sites excluding steroid dienone is 1. The van der Waals surface area contributed by atoms with Gasteiger partial charge in [-0.15, -0.1) is 17.9 Å². The topological polar surface area (TPSA) is 51.2 Å². The highest BCUT2D eigenvalue weighted by molar-refractivity contribution is 7.14. The summed E-state index contributed by atoms with van der Waals surface area (Å²) in [5, 5.41) is 5.26. The molecule has 0 saturated heterocycles. The Kier molecular flexibility index (Phi) is 5.59. The Bertz CT molecular complexity index is 859. The van der Waals surface area contributed by atoms with E-state index in [1.54, 1.807) is 0 Å². The molecule has 4 nitrogen and oxygen atoms in total. The van der Waals surface area contributed by atoms with Crippen molar-refractivity contribution in [3.05, 3.63) is 78.2 Å². The third kappa shape index (κ3) is 4.55. The van der Waals surface area contributed by atoms with Crippen molar-refractivity contribution in [2.75, 3.05) is 11.9 Å². The van der Waals surface area contributed by atoms with Crippen LogP contribution in [0, 0.1) is 0 Å². The van der Waals surface area contributed by atoms with Crippen LogP contribution in [0.5, 0.6) is 5.75 Å². The zero-order chi connectivity index (χ0) is 17.5. The molecular formula is C20H18N2O2S. The fourth-order valence-electron chi connectivity index (χ4n) is 2.34. The Morgan fingerprint density at radius 2 is 1.92 bits per heavy atom. The molecule has 0 unspecified atom stereocenters. The van der Waals surface area contributed by atoms with Gasteiger partial charge in [-0.3, -0.25) is 10.1 Å². The summed E-state index contributed by atoms with van der Waals surface area (Å²) in [4.78, 5) is 16.6. The maximum atomic E-state index is 12.1. The van der Waals surface area contributed by atoms with E-state index in [0.29, 0.717) is 17.3 Å². The summed E-state index contributed by atoms with van der Waals surface area (Å²) in [6.45, 7) is 3.67. The van der Waals surface area contributed by atoms with Gasteiger partial charge in [-0.1, -0.05) is 54.6 Å². The van der Waals surface area contributed by atoms with E-state index in [1.165, 1.54) is 11.3 Å². The Morgan fingerprint density at radius 3 is 2.72 bits per heavy atom. The van der Waals surface area contributed by atoms with Crippen molar-refractivity contribution in [1.82, 2.24) is 4.98 Å². The van der Waals surface area contributed by atoms with Crippen LogP contribution in [-0.4, -0.2) is 17.5 Å². The average Bonchev–Trinajstić information content (AvgIpc) is 3.10. The molecule has 0 aliphatic rings. The smallest absolute Gasteiger partial charge is 0.264 e. The molecule has 3 rings (SSSR count). The van der Waals surface area contributed by atoms with Crippen molar-refractivity contribution < 1.29 is 9.53 Å². The van der Waals surface area contributed by atoms with Crippen LogP contribution in [0.15, 0.2) is 72.6 Å². The Labute approximate surface area is 150 Å². The third-order valence-corrected chi connectivity index (χ3v) is 4.27. The third-order valence-electron chi connectivity index (χ3n) is 3.52. The second-order valence-electron chi connectivity index (χ2n) is 5.34. The molecule has 0 atom stereocenters. The first-order chi connectivity index (χ1) is 12.3. The van der Waals surface area contributed by atoms with Crippen molar-refractivity contribution in [1.29, 1.82) is 0 Å². The quantitative estimate of drug-likeness (QED) is 0.636. The first-order valence-electron chi connectivity index (χ1n) is 7.88. The minimum Gasteiger partial charge on any atom is -0.483 e. The zero-order valence-electron chi connectivity index (χ0n) is 13.6. The van der Waals surface area contributed by atoms with Crippen molar-refractivity contribution in [3.8, 4) is 17.0 Å². The van der Waals surface area contributed by atoms with Gasteiger partial charge in [-0.25, -0.2) is 4.98 Å². The number of benzene rings is 2. The van der Waals surface area contributed by atoms with Gasteiger partial charge in [0.1, 0.15) is 5.75 Å². The molecule has 0 saturated carbocycles. The number of amides is 1. The van der Waals surface area contributed by atoms with E-state index >= 15 is 0 Å². The first-order valence-corrected chi connectivity index (χ1v) is 8.76. The van der Waals surface area contributed by atoms with E-state index in [-0.39, 0.29) is 12.5 Å². The number of nitrogens with one attached hydrogen (secondary N) is 1. The van der Waals surface area contributed by atoms with Crippen LogP contribution in [0.2, 0.25) is 0 Å². The van der Waals surface area contributed by atoms with Gasteiger partial charge in [0, 0.05) is 10.9 Å². The summed E-state index contributed by atoms with van der Waals surface area (Å²) in [7, 11) is 0. The SMILES string of the molecule is C=CCc1ccccc1OCC(=O)Nc1nc(-c2ccccc2)cs1. The molecule has 126 valence electrons. The first kappa shape index (κ1) is 16.9. The van der Waals surface area contributed by atoms with Gasteiger partial charge in [-0.2, -0.15) is 0 Å². The van der Waals surface area contributed by atoms with E-state index in [4.69, 9.17) is 4.74 Å². The maximum absolute atomic E-state index is 12.1. The molecule has 1 amide bonds. The lowest BCUT2D eigenvalue weighted by Gasteiger charge is -2.09. The monoisotopic (exact) mass is 350 g/mol. The normalized spacial score (nSPS) is 10.2. The van der Waals surface area contributed by atoms with Gasteiger partial charge in [0.2, 0.25) is 0 Å². The van der Waals surface area contributed by atoms with Gasteiger partial charge in [-0.05, 0) is 18.1 Å². The van der Waals surface area contributed by atoms with Crippen LogP contribution in [0.3, 0.4) is 0 Å². The average molecular weight is 350 g/mol. The van der Waals surface area contributed by atoms with Gasteiger partial charge in [0.05, 0.1) is 5.69 Å². The maximum Gasteiger partial charge on any atom is 0.264 e. The van der Waals surface area contributed by atoms with Crippen LogP contribution in [0.1, 0.15) is 5.56 Å². The van der Waals surface area contributed by atoms with Crippen molar-refractivity contribution >= 4 is 22.4 Å². The molecule has 1 N–H and O–H groups in total. The summed E-state index contributed by atoms with van der Waals surface area (Å²) in [6, 6.07) is 17.5. The molecular weight excluding hydrogens is 332 g/mol. The summed E-state index contributed by atoms with van der Waals surface area (Å²) in [5.74, 6) is 0.462. The van der Waals surface area contributed by atoms with E-state index in [0.717, 1.165) is 16.8 Å². The Morgan fingerprint density at radius 1 is 1.16 bits per heavy atom. The molecule has 5 heteroatoms. The van der Waals surface area contributed by atoms with Gasteiger partial charge >= 0.3 is 0 Å². The second-order valence-corrected chi connectivity index (χ2v) is 6.20. The minimum atomic E-state index is -0.234. The number of thiazole rings is 1. The minimum absolute atomic E-state index is 0.0611. The summed E-state index contributed by atoms with van der Waals surface area (Å²) < 4.78 is 5.63. The van der Waals surface area contributed by atoms with E-state index < -0.39 is 0 Å². The molecule has 0 spiro atoms. The number of carbonyl (C=O) groups is 1. The summed E-state index contributed by atoms with van der Waals surface area (Å²) in [6.07, 6.45) is 2.51. The molecule has 3 aromatic rings. The highest BCUT2D eigenvalue weighted by Gasteiger charge is 2.09. The zero-order valence-corrected chi connectivity index (χ0v) is 14.5. The predicted molar refractivity (Wildman–Crippen MR) is 102 cm³/mol. The molecule has 0 aliphatic carbocycles. The van der Waals surface area contributed by atoms with E-state index in [2.05, 4.69) is 16.9 Å². The fourth-order valence-corrected chi connectivity index (χ4v) is 3.08. The van der Waals surface area contributed by atoms with Crippen LogP contribution in [0.4, 0.5) is 5.13 Å². The molecule has 0 fully saturated rings. The second kappa shape index (κ2) is 8.26. The number of rotatable bonds is 7. The lowest BCUT2D eigenvalue weighted by Crippen LogP contribution is -2.20. The Balaban J connectivity index is 1.58. The number of aromatic nitrogens is 1. The number of ether oxygens (including phenoxy) is 1. The number of anilines is 1. The molecule has 0 bridgehead atoms. The fraction of sp³-hybridized carbons (Fsp3) is 0.100. The van der Waals surface area contributed by atoms with Crippen molar-refractivity contribution in [2.24, 2.45) is 0 Å². The highest BCUT2D eigenvalue weighted by atomic mass is 32.1. The van der Waals surface area contributed by atoms with E-state index in [9.17, 15) is 4.79 Å². The molecule has 25 heavy (non-hydrogen) atoms. The van der Waals surface area contributed by atoms with Gasteiger partial charge in [0.15, 0.2) is 11.7 Å². The molecule has 0 radical (unpaired) electrons. The van der Waals surface area contributed by atoms with Gasteiger partial charge in [0.25, 0.3) is 5.91 Å². The van der Waals surface area contributed by atoms with Crippen LogP contribution >= 0.6 is 11.3 Å². The molecule has 0 aliphatic heterocycles. The number of nitrogens with zero attached hydrogens (tertiary/aromatic N) is 1. The standard InChI is InChI=1S/C20H18N2O2S/c1-2-8-16-11-6-7-12-18(16)24-13-19(23)22-20-21-17(14-25-20)15-9-4-3-5-10-15/h2-7,9-12,14H,1,8,13H2,(H,21,22,23). The highest BCUT2D eigenvalue weighted by Crippen LogP contribution is 2.24. The summed E-state index contributed by atoms with van der Waals surface area (Å²) in [5.41, 5.74) is 2.87. The van der Waals surface area contributed by atoms with Crippen LogP contribution < -0.4 is 10.1 Å². The lowest BCUT2D eigenvalue weighted by atomic mass is 10.1. The van der Waals surface area contributed by atoms with Crippen molar-refractivity contribution in [3.63, 3.8) is 0 Å². The van der Waals surface area contributed by atoms with Crippen LogP contribution in [-0.2, 0) is 11.2 Å². The Hall–Kier alpha value is -2.92. The molecule has 1 aromatic heterocycles.